The number of nitro benzene ring substituents is 1. The van der Waals surface area contributed by atoms with Crippen LogP contribution < -0.4 is 10.2 Å². The average molecular weight is 365 g/mol. The third-order valence-electron chi connectivity index (χ3n) is 3.95. The number of non-ortho nitro benzene ring substituents is 1. The minimum Gasteiger partial charge on any atom is -0.507 e. The molecule has 2 N–H and O–H groups in total. The Morgan fingerprint density at radius 1 is 1.22 bits per heavy atom. The van der Waals surface area contributed by atoms with Crippen molar-refractivity contribution in [3.63, 3.8) is 0 Å². The van der Waals surface area contributed by atoms with Crippen molar-refractivity contribution in [1.82, 2.24) is 5.43 Å². The topological polar surface area (TPSA) is 114 Å². The van der Waals surface area contributed by atoms with Crippen molar-refractivity contribution in [3.8, 4) is 11.5 Å². The summed E-state index contributed by atoms with van der Waals surface area (Å²) in [5.41, 5.74) is 2.48. The van der Waals surface area contributed by atoms with Gasteiger partial charge in [0.1, 0.15) is 11.5 Å². The monoisotopic (exact) mass is 365 g/mol. The van der Waals surface area contributed by atoms with E-state index in [9.17, 15) is 20.0 Å². The Bertz CT molecular complexity index is 1060. The Morgan fingerprint density at radius 2 is 2.00 bits per heavy atom. The molecule has 0 aliphatic carbocycles. The van der Waals surface area contributed by atoms with Crippen LogP contribution in [0.3, 0.4) is 0 Å². The summed E-state index contributed by atoms with van der Waals surface area (Å²) in [5, 5.41) is 26.5. The molecule has 0 radical (unpaired) electrons. The molecule has 3 aromatic rings. The highest BCUT2D eigenvalue weighted by Crippen LogP contribution is 2.26. The molecule has 0 saturated carbocycles. The fraction of sp³-hybridized carbons (Fsp3) is 0.0526. The molecule has 8 nitrogen and oxygen atoms in total. The minimum absolute atomic E-state index is 0.0135. The summed E-state index contributed by atoms with van der Waals surface area (Å²) < 4.78 is 5.07. The van der Waals surface area contributed by atoms with Crippen LogP contribution in [-0.4, -0.2) is 29.3 Å². The van der Waals surface area contributed by atoms with E-state index in [1.54, 1.807) is 6.07 Å². The molecule has 0 spiro atoms. The van der Waals surface area contributed by atoms with Crippen molar-refractivity contribution in [1.29, 1.82) is 0 Å². The number of carbonyl (C=O) groups is 1. The lowest BCUT2D eigenvalue weighted by Crippen LogP contribution is -2.18. The van der Waals surface area contributed by atoms with Crippen LogP contribution in [0.4, 0.5) is 5.69 Å². The van der Waals surface area contributed by atoms with Gasteiger partial charge in [-0.2, -0.15) is 5.10 Å². The first-order valence-electron chi connectivity index (χ1n) is 7.88. The van der Waals surface area contributed by atoms with Gasteiger partial charge in [-0.3, -0.25) is 14.9 Å². The molecule has 136 valence electrons. The van der Waals surface area contributed by atoms with Gasteiger partial charge >= 0.3 is 0 Å². The third-order valence-corrected chi connectivity index (χ3v) is 3.95. The number of ether oxygens (including phenoxy) is 1. The van der Waals surface area contributed by atoms with E-state index in [2.05, 4.69) is 10.5 Å². The number of amides is 1. The maximum absolute atomic E-state index is 12.3. The molecule has 3 rings (SSSR count). The Hall–Kier alpha value is -3.94. The summed E-state index contributed by atoms with van der Waals surface area (Å²) in [5.74, 6) is -0.479. The fourth-order valence-corrected chi connectivity index (χ4v) is 2.62. The van der Waals surface area contributed by atoms with E-state index >= 15 is 0 Å². The van der Waals surface area contributed by atoms with Crippen LogP contribution in [0.15, 0.2) is 59.7 Å². The van der Waals surface area contributed by atoms with Crippen LogP contribution in [0, 0.1) is 10.1 Å². The van der Waals surface area contributed by atoms with Gasteiger partial charge in [-0.15, -0.1) is 0 Å². The Labute approximate surface area is 153 Å². The number of fused-ring (bicyclic) bond motifs is 1. The molecular formula is C19H15N3O5. The van der Waals surface area contributed by atoms with Crippen LogP contribution in [0.5, 0.6) is 11.5 Å². The van der Waals surface area contributed by atoms with Crippen molar-refractivity contribution in [2.24, 2.45) is 5.10 Å². The second-order valence-electron chi connectivity index (χ2n) is 5.56. The summed E-state index contributed by atoms with van der Waals surface area (Å²) >= 11 is 0. The predicted molar refractivity (Wildman–Crippen MR) is 100 cm³/mol. The first-order chi connectivity index (χ1) is 13.0. The highest BCUT2D eigenvalue weighted by atomic mass is 16.6. The Kier molecular flexibility index (Phi) is 4.98. The Balaban J connectivity index is 1.87. The van der Waals surface area contributed by atoms with Crippen LogP contribution in [-0.2, 0) is 0 Å². The molecule has 0 heterocycles. The van der Waals surface area contributed by atoms with Crippen molar-refractivity contribution in [3.05, 3.63) is 75.8 Å². The van der Waals surface area contributed by atoms with Crippen molar-refractivity contribution < 1.29 is 19.6 Å². The molecule has 1 amide bonds. The van der Waals surface area contributed by atoms with Gasteiger partial charge in [0.25, 0.3) is 11.6 Å². The third kappa shape index (κ3) is 3.69. The number of phenolic OH excluding ortho intramolecular Hbond substituents is 1. The first kappa shape index (κ1) is 17.9. The van der Waals surface area contributed by atoms with Gasteiger partial charge in [-0.1, -0.05) is 30.3 Å². The second-order valence-corrected chi connectivity index (χ2v) is 5.56. The predicted octanol–water partition coefficient (Wildman–Crippen LogP) is 3.23. The van der Waals surface area contributed by atoms with E-state index in [1.165, 1.54) is 31.5 Å². The summed E-state index contributed by atoms with van der Waals surface area (Å²) in [6.07, 6.45) is 1.32. The second kappa shape index (κ2) is 7.52. The molecule has 0 unspecified atom stereocenters. The number of aromatic hydroxyl groups is 1. The molecule has 0 aliphatic rings. The summed E-state index contributed by atoms with van der Waals surface area (Å²) in [4.78, 5) is 22.7. The number of hydrogen-bond acceptors (Lipinski definition) is 6. The van der Waals surface area contributed by atoms with Crippen molar-refractivity contribution in [2.45, 2.75) is 0 Å². The van der Waals surface area contributed by atoms with E-state index in [4.69, 9.17) is 4.74 Å². The highest BCUT2D eigenvalue weighted by Gasteiger charge is 2.17. The van der Waals surface area contributed by atoms with E-state index in [0.717, 1.165) is 16.8 Å². The Morgan fingerprint density at radius 3 is 2.74 bits per heavy atom. The number of nitrogens with zero attached hydrogens (tertiary/aromatic N) is 2. The first-order valence-corrected chi connectivity index (χ1v) is 7.88. The number of nitrogens with one attached hydrogen (secondary N) is 1. The largest absolute Gasteiger partial charge is 0.507 e. The SMILES string of the molecule is COc1ccc([N+](=O)[O-])cc1C(=O)N/N=C\c1c(O)ccc2ccccc12. The average Bonchev–Trinajstić information content (AvgIpc) is 2.68. The number of hydrazone groups is 1. The lowest BCUT2D eigenvalue weighted by Gasteiger charge is -2.07. The van der Waals surface area contributed by atoms with Crippen LogP contribution in [0.2, 0.25) is 0 Å². The van der Waals surface area contributed by atoms with E-state index in [1.807, 2.05) is 24.3 Å². The molecular weight excluding hydrogens is 350 g/mol. The van der Waals surface area contributed by atoms with Crippen LogP contribution in [0.1, 0.15) is 15.9 Å². The van der Waals surface area contributed by atoms with E-state index < -0.39 is 10.8 Å². The van der Waals surface area contributed by atoms with Gasteiger partial charge in [0.15, 0.2) is 0 Å². The smallest absolute Gasteiger partial charge is 0.275 e. The van der Waals surface area contributed by atoms with Gasteiger partial charge in [0.05, 0.1) is 23.8 Å². The molecule has 0 aromatic heterocycles. The summed E-state index contributed by atoms with van der Waals surface area (Å²) in [6, 6.07) is 14.4. The van der Waals surface area contributed by atoms with Crippen molar-refractivity contribution in [2.75, 3.05) is 7.11 Å². The maximum Gasteiger partial charge on any atom is 0.275 e. The van der Waals surface area contributed by atoms with Gasteiger partial charge < -0.3 is 9.84 Å². The number of benzene rings is 3. The number of carbonyl (C=O) groups excluding carboxylic acids is 1. The molecule has 0 bridgehead atoms. The van der Waals surface area contributed by atoms with Crippen LogP contribution >= 0.6 is 0 Å². The lowest BCUT2D eigenvalue weighted by molar-refractivity contribution is -0.384. The molecule has 3 aromatic carbocycles. The normalized spacial score (nSPS) is 10.9. The number of hydrogen-bond donors (Lipinski definition) is 2. The number of phenols is 1. The quantitative estimate of drug-likeness (QED) is 0.409. The van der Waals surface area contributed by atoms with Gasteiger partial charge in [-0.05, 0) is 22.9 Å². The van der Waals surface area contributed by atoms with E-state index in [-0.39, 0.29) is 22.7 Å². The maximum atomic E-state index is 12.3. The standard InChI is InChI=1S/C19H15N3O5/c1-27-18-9-7-13(22(25)26)10-15(18)19(24)21-20-11-16-14-5-3-2-4-12(14)6-8-17(16)23/h2-11,23H,1H3,(H,21,24)/b20-11-. The molecule has 27 heavy (non-hydrogen) atoms. The molecule has 0 aliphatic heterocycles. The number of methoxy groups -OCH3 is 1. The molecule has 0 fully saturated rings. The zero-order valence-electron chi connectivity index (χ0n) is 14.2. The number of rotatable bonds is 5. The molecule has 8 heteroatoms. The zero-order chi connectivity index (χ0) is 19.4. The molecule has 0 saturated heterocycles. The summed E-state index contributed by atoms with van der Waals surface area (Å²) in [6.45, 7) is 0. The van der Waals surface area contributed by atoms with Gasteiger partial charge in [0.2, 0.25) is 0 Å². The van der Waals surface area contributed by atoms with E-state index in [0.29, 0.717) is 5.56 Å². The lowest BCUT2D eigenvalue weighted by atomic mass is 10.0. The van der Waals surface area contributed by atoms with Crippen molar-refractivity contribution >= 4 is 28.6 Å². The molecule has 0 atom stereocenters. The zero-order valence-corrected chi connectivity index (χ0v) is 14.2. The minimum atomic E-state index is -0.675. The summed E-state index contributed by atoms with van der Waals surface area (Å²) in [7, 11) is 1.36. The fourth-order valence-electron chi connectivity index (χ4n) is 2.62. The van der Waals surface area contributed by atoms with Gasteiger partial charge in [-0.25, -0.2) is 5.43 Å². The highest BCUT2D eigenvalue weighted by molar-refractivity contribution is 6.03. The van der Waals surface area contributed by atoms with Gasteiger partial charge in [0, 0.05) is 17.7 Å². The number of nitro groups is 1. The van der Waals surface area contributed by atoms with Crippen LogP contribution in [0.25, 0.3) is 10.8 Å².